The SMILES string of the molecule is COC(=O)C1(NS(=O)(=O)CC[Si](C)(C)C)c2cc(Br)ccc2CC12CN(OC(=O)C(F)(F)F)C2. The largest absolute Gasteiger partial charge is 0.492 e. The highest BCUT2D eigenvalue weighted by Gasteiger charge is 2.70. The molecule has 14 heteroatoms. The second-order valence-electron chi connectivity index (χ2n) is 9.91. The van der Waals surface area contributed by atoms with Crippen LogP contribution in [0.25, 0.3) is 0 Å². The second-order valence-corrected chi connectivity index (χ2v) is 18.3. The number of halogens is 4. The van der Waals surface area contributed by atoms with E-state index in [4.69, 9.17) is 4.74 Å². The number of nitrogens with zero attached hydrogens (tertiary/aromatic N) is 1. The van der Waals surface area contributed by atoms with Crippen molar-refractivity contribution in [2.45, 2.75) is 43.8 Å². The number of hydrogen-bond acceptors (Lipinski definition) is 7. The van der Waals surface area contributed by atoms with E-state index in [1.54, 1.807) is 18.2 Å². The van der Waals surface area contributed by atoms with Gasteiger partial charge in [0.05, 0.1) is 12.9 Å². The fourth-order valence-corrected chi connectivity index (χ4v) is 9.32. The molecule has 1 saturated heterocycles. The van der Waals surface area contributed by atoms with Gasteiger partial charge in [-0.25, -0.2) is 18.0 Å². The van der Waals surface area contributed by atoms with Crippen LogP contribution in [0.3, 0.4) is 0 Å². The molecule has 2 aliphatic rings. The first-order valence-corrected chi connectivity index (χ1v) is 16.5. The van der Waals surface area contributed by atoms with Gasteiger partial charge in [0.2, 0.25) is 10.0 Å². The lowest BCUT2D eigenvalue weighted by atomic mass is 9.66. The van der Waals surface area contributed by atoms with Gasteiger partial charge < -0.3 is 9.57 Å². The number of carbonyl (C=O) groups is 2. The summed E-state index contributed by atoms with van der Waals surface area (Å²) in [6, 6.07) is 5.48. The standard InChI is InChI=1S/C20H26BrF3N2O6SSi/c1-31-16(27)19(25-33(29,30)7-8-34(2,3)4)15-9-14(21)6-5-13(15)10-18(19)11-26(12-18)32-17(28)20(22,23)24/h5-6,9,25H,7-8,10-12H2,1-4H3. The number of ether oxygens (including phenoxy) is 1. The van der Waals surface area contributed by atoms with Gasteiger partial charge in [-0.2, -0.15) is 17.9 Å². The molecule has 0 radical (unpaired) electrons. The third-order valence-electron chi connectivity index (χ3n) is 6.12. The number of hydrogen-bond donors (Lipinski definition) is 1. The molecule has 0 aromatic heterocycles. The van der Waals surface area contributed by atoms with Crippen molar-refractivity contribution in [3.8, 4) is 0 Å². The molecular formula is C20H26BrF3N2O6SSi. The van der Waals surface area contributed by atoms with E-state index >= 15 is 0 Å². The molecule has 34 heavy (non-hydrogen) atoms. The molecule has 3 rings (SSSR count). The van der Waals surface area contributed by atoms with E-state index in [0.29, 0.717) is 21.6 Å². The second kappa shape index (κ2) is 8.87. The summed E-state index contributed by atoms with van der Waals surface area (Å²) in [4.78, 5) is 29.0. The first-order chi connectivity index (χ1) is 15.4. The van der Waals surface area contributed by atoms with Crippen molar-refractivity contribution in [1.82, 2.24) is 9.79 Å². The fourth-order valence-electron chi connectivity index (χ4n) is 4.46. The molecule has 1 spiro atoms. The zero-order chi connectivity index (χ0) is 25.7. The van der Waals surface area contributed by atoms with E-state index in [9.17, 15) is 31.2 Å². The van der Waals surface area contributed by atoms with Crippen LogP contribution in [-0.2, 0) is 41.1 Å². The number of sulfonamides is 1. The van der Waals surface area contributed by atoms with Crippen LogP contribution in [0.15, 0.2) is 22.7 Å². The van der Waals surface area contributed by atoms with E-state index in [1.807, 2.05) is 19.6 Å². The quantitative estimate of drug-likeness (QED) is 0.387. The highest BCUT2D eigenvalue weighted by Crippen LogP contribution is 2.57. The van der Waals surface area contributed by atoms with E-state index in [1.165, 1.54) is 0 Å². The summed E-state index contributed by atoms with van der Waals surface area (Å²) in [5.74, 6) is -3.49. The minimum atomic E-state index is -5.19. The number of rotatable bonds is 7. The van der Waals surface area contributed by atoms with Gasteiger partial charge in [-0.3, -0.25) is 0 Å². The normalized spacial score (nSPS) is 22.2. The summed E-state index contributed by atoms with van der Waals surface area (Å²) in [5.41, 5.74) is -2.13. The molecule has 190 valence electrons. The van der Waals surface area contributed by atoms with E-state index < -0.39 is 47.2 Å². The third-order valence-corrected chi connectivity index (χ3v) is 10.1. The first-order valence-electron chi connectivity index (χ1n) is 10.4. The first kappa shape index (κ1) is 27.1. The Bertz CT molecular complexity index is 1100. The van der Waals surface area contributed by atoms with Gasteiger partial charge in [0.25, 0.3) is 0 Å². The summed E-state index contributed by atoms with van der Waals surface area (Å²) in [6.07, 6.45) is -5.02. The Hall–Kier alpha value is -1.48. The van der Waals surface area contributed by atoms with Gasteiger partial charge in [-0.05, 0) is 35.7 Å². The monoisotopic (exact) mass is 586 g/mol. The van der Waals surface area contributed by atoms with Crippen molar-refractivity contribution in [2.75, 3.05) is 26.0 Å². The predicted molar refractivity (Wildman–Crippen MR) is 123 cm³/mol. The van der Waals surface area contributed by atoms with Crippen LogP contribution in [0.5, 0.6) is 0 Å². The minimum Gasteiger partial charge on any atom is -0.467 e. The van der Waals surface area contributed by atoms with Gasteiger partial charge in [-0.1, -0.05) is 41.6 Å². The maximum atomic E-state index is 13.3. The predicted octanol–water partition coefficient (Wildman–Crippen LogP) is 2.95. The number of benzene rings is 1. The number of hydroxylamine groups is 2. The summed E-state index contributed by atoms with van der Waals surface area (Å²) in [6.45, 7) is 5.45. The van der Waals surface area contributed by atoms with Crippen molar-refractivity contribution >= 4 is 46.0 Å². The number of methoxy groups -OCH3 is 1. The van der Waals surface area contributed by atoms with Crippen molar-refractivity contribution in [3.05, 3.63) is 33.8 Å². The third kappa shape index (κ3) is 5.06. The molecule has 1 heterocycles. The van der Waals surface area contributed by atoms with Crippen LogP contribution in [0.2, 0.25) is 25.7 Å². The Morgan fingerprint density at radius 2 is 1.85 bits per heavy atom. The Morgan fingerprint density at radius 3 is 2.38 bits per heavy atom. The van der Waals surface area contributed by atoms with Crippen molar-refractivity contribution in [2.24, 2.45) is 5.41 Å². The van der Waals surface area contributed by atoms with E-state index in [-0.39, 0.29) is 25.3 Å². The molecule has 1 aromatic rings. The maximum absolute atomic E-state index is 13.3. The smallest absolute Gasteiger partial charge is 0.467 e. The van der Waals surface area contributed by atoms with Gasteiger partial charge in [0.1, 0.15) is 0 Å². The molecule has 1 fully saturated rings. The lowest BCUT2D eigenvalue weighted by Crippen LogP contribution is -2.72. The van der Waals surface area contributed by atoms with Crippen LogP contribution in [0.1, 0.15) is 11.1 Å². The number of nitrogens with one attached hydrogen (secondary N) is 1. The van der Waals surface area contributed by atoms with Crippen LogP contribution in [-0.4, -0.2) is 65.6 Å². The van der Waals surface area contributed by atoms with Gasteiger partial charge >= 0.3 is 18.1 Å². The van der Waals surface area contributed by atoms with Crippen LogP contribution >= 0.6 is 15.9 Å². The fraction of sp³-hybridized carbons (Fsp3) is 0.600. The Balaban J connectivity index is 2.04. The van der Waals surface area contributed by atoms with Gasteiger partial charge in [0, 0.05) is 31.1 Å². The molecule has 0 bridgehead atoms. The highest BCUT2D eigenvalue weighted by atomic mass is 79.9. The number of alkyl halides is 3. The number of esters is 1. The van der Waals surface area contributed by atoms with Gasteiger partial charge in [-0.15, -0.1) is 5.06 Å². The Kier molecular flexibility index (Phi) is 7.07. The van der Waals surface area contributed by atoms with Crippen LogP contribution in [0, 0.1) is 5.41 Å². The molecule has 1 aliphatic heterocycles. The number of carbonyl (C=O) groups excluding carboxylic acids is 2. The van der Waals surface area contributed by atoms with Crippen LogP contribution in [0.4, 0.5) is 13.2 Å². The van der Waals surface area contributed by atoms with Crippen LogP contribution < -0.4 is 4.72 Å². The zero-order valence-electron chi connectivity index (χ0n) is 19.1. The summed E-state index contributed by atoms with van der Waals surface area (Å²) in [5, 5.41) is 0.783. The van der Waals surface area contributed by atoms with Gasteiger partial charge in [0.15, 0.2) is 5.54 Å². The highest BCUT2D eigenvalue weighted by molar-refractivity contribution is 9.10. The Morgan fingerprint density at radius 1 is 1.24 bits per heavy atom. The summed E-state index contributed by atoms with van der Waals surface area (Å²) < 4.78 is 72.6. The van der Waals surface area contributed by atoms with Crippen molar-refractivity contribution in [1.29, 1.82) is 0 Å². The lowest BCUT2D eigenvalue weighted by molar-refractivity contribution is -0.280. The molecule has 1 aromatic carbocycles. The molecule has 1 atom stereocenters. The molecule has 0 saturated carbocycles. The molecule has 0 amide bonds. The van der Waals surface area contributed by atoms with E-state index in [0.717, 1.165) is 12.2 Å². The minimum absolute atomic E-state index is 0.168. The van der Waals surface area contributed by atoms with Crippen molar-refractivity contribution in [3.63, 3.8) is 0 Å². The maximum Gasteiger partial charge on any atom is 0.492 e. The lowest BCUT2D eigenvalue weighted by Gasteiger charge is -2.54. The topological polar surface area (TPSA) is 102 Å². The zero-order valence-corrected chi connectivity index (χ0v) is 22.5. The summed E-state index contributed by atoms with van der Waals surface area (Å²) >= 11 is 3.34. The molecule has 1 aliphatic carbocycles. The molecule has 8 nitrogen and oxygen atoms in total. The molecular weight excluding hydrogens is 561 g/mol. The number of fused-ring (bicyclic) bond motifs is 1. The average Bonchev–Trinajstić information content (AvgIpc) is 2.94. The summed E-state index contributed by atoms with van der Waals surface area (Å²) in [7, 11) is -4.66. The van der Waals surface area contributed by atoms with Crippen molar-refractivity contribution < 1.29 is 40.8 Å². The van der Waals surface area contributed by atoms with E-state index in [2.05, 4.69) is 25.5 Å². The average molecular weight is 587 g/mol. The molecule has 1 unspecified atom stereocenters. The Labute approximate surface area is 205 Å². The molecule has 1 N–H and O–H groups in total.